The molecule has 0 radical (unpaired) electrons. The fraction of sp³-hybridized carbons (Fsp3) is 0.150. The maximum absolute atomic E-state index is 12.3. The summed E-state index contributed by atoms with van der Waals surface area (Å²) in [4.78, 5) is 20.8. The second-order valence-electron chi connectivity index (χ2n) is 6.03. The second kappa shape index (κ2) is 8.05. The Hall–Kier alpha value is -3.12. The van der Waals surface area contributed by atoms with E-state index < -0.39 is 6.10 Å². The van der Waals surface area contributed by atoms with Gasteiger partial charge in [-0.2, -0.15) is 0 Å². The lowest BCUT2D eigenvalue weighted by molar-refractivity contribution is -0.122. The van der Waals surface area contributed by atoms with E-state index in [0.717, 1.165) is 5.56 Å². The van der Waals surface area contributed by atoms with E-state index in [2.05, 4.69) is 15.3 Å². The van der Waals surface area contributed by atoms with Crippen molar-refractivity contribution in [2.24, 2.45) is 0 Å². The van der Waals surface area contributed by atoms with E-state index in [1.165, 1.54) is 12.4 Å². The molecule has 1 unspecified atom stereocenters. The van der Waals surface area contributed by atoms with Crippen LogP contribution in [0.5, 0.6) is 11.5 Å². The van der Waals surface area contributed by atoms with Crippen molar-refractivity contribution in [1.29, 1.82) is 0 Å². The monoisotopic (exact) mass is 383 g/mol. The maximum Gasteiger partial charge on any atom is 0.265 e. The van der Waals surface area contributed by atoms with Gasteiger partial charge in [-0.25, -0.2) is 9.97 Å². The van der Waals surface area contributed by atoms with Crippen molar-refractivity contribution in [3.63, 3.8) is 0 Å². The number of amides is 1. The lowest BCUT2D eigenvalue weighted by atomic mass is 10.2. The number of benzene rings is 2. The van der Waals surface area contributed by atoms with Gasteiger partial charge in [0.15, 0.2) is 11.9 Å². The molecule has 138 valence electrons. The quantitative estimate of drug-likeness (QED) is 0.689. The van der Waals surface area contributed by atoms with E-state index in [0.29, 0.717) is 27.8 Å². The van der Waals surface area contributed by atoms with Gasteiger partial charge in [0.1, 0.15) is 11.5 Å². The van der Waals surface area contributed by atoms with Crippen molar-refractivity contribution in [3.05, 3.63) is 65.4 Å². The van der Waals surface area contributed by atoms with Crippen LogP contribution in [0.3, 0.4) is 0 Å². The molecular formula is C20H18ClN3O3. The highest BCUT2D eigenvalue weighted by Crippen LogP contribution is 2.26. The predicted molar refractivity (Wildman–Crippen MR) is 104 cm³/mol. The average Bonchev–Trinajstić information content (AvgIpc) is 2.65. The minimum Gasteiger partial charge on any atom is -0.508 e. The molecular weight excluding hydrogens is 366 g/mol. The first-order valence-corrected chi connectivity index (χ1v) is 8.65. The van der Waals surface area contributed by atoms with Crippen LogP contribution < -0.4 is 10.1 Å². The zero-order valence-corrected chi connectivity index (χ0v) is 15.6. The molecule has 1 amide bonds. The number of phenolic OH excluding ortho intramolecular Hbond substituents is 1. The molecule has 0 bridgehead atoms. The lowest BCUT2D eigenvalue weighted by Gasteiger charge is -2.16. The number of aromatic nitrogens is 2. The number of ether oxygens (including phenoxy) is 1. The van der Waals surface area contributed by atoms with Crippen LogP contribution in [0.25, 0.3) is 11.4 Å². The number of hydrogen-bond donors (Lipinski definition) is 2. The summed E-state index contributed by atoms with van der Waals surface area (Å²) in [5.41, 5.74) is 2.10. The molecule has 0 spiro atoms. The van der Waals surface area contributed by atoms with Crippen LogP contribution in [-0.2, 0) is 4.79 Å². The number of halogens is 1. The minimum absolute atomic E-state index is 0.134. The Kier molecular flexibility index (Phi) is 5.57. The van der Waals surface area contributed by atoms with E-state index in [1.54, 1.807) is 43.3 Å². The van der Waals surface area contributed by atoms with Crippen molar-refractivity contribution < 1.29 is 14.6 Å². The number of phenols is 1. The Morgan fingerprint density at radius 1 is 1.19 bits per heavy atom. The van der Waals surface area contributed by atoms with Crippen molar-refractivity contribution >= 4 is 23.2 Å². The van der Waals surface area contributed by atoms with Crippen LogP contribution in [0.15, 0.2) is 54.9 Å². The van der Waals surface area contributed by atoms with E-state index in [4.69, 9.17) is 16.3 Å². The smallest absolute Gasteiger partial charge is 0.265 e. The van der Waals surface area contributed by atoms with E-state index in [9.17, 15) is 9.90 Å². The second-order valence-corrected chi connectivity index (χ2v) is 6.44. The fourth-order valence-electron chi connectivity index (χ4n) is 2.38. The summed E-state index contributed by atoms with van der Waals surface area (Å²) >= 11 is 6.10. The van der Waals surface area contributed by atoms with Gasteiger partial charge in [-0.15, -0.1) is 0 Å². The van der Waals surface area contributed by atoms with E-state index in [1.807, 2.05) is 13.0 Å². The Morgan fingerprint density at radius 3 is 2.63 bits per heavy atom. The average molecular weight is 384 g/mol. The molecule has 0 fully saturated rings. The first-order valence-electron chi connectivity index (χ1n) is 8.27. The number of nitrogens with one attached hydrogen (secondary N) is 1. The normalized spacial score (nSPS) is 11.7. The Morgan fingerprint density at radius 2 is 1.93 bits per heavy atom. The summed E-state index contributed by atoms with van der Waals surface area (Å²) in [7, 11) is 0. The number of carbonyl (C=O) groups is 1. The van der Waals surface area contributed by atoms with Crippen LogP contribution in [0.1, 0.15) is 12.5 Å². The molecule has 2 N–H and O–H groups in total. The summed E-state index contributed by atoms with van der Waals surface area (Å²) in [6.45, 7) is 3.55. The van der Waals surface area contributed by atoms with Gasteiger partial charge in [-0.3, -0.25) is 4.79 Å². The number of anilines is 1. The summed E-state index contributed by atoms with van der Waals surface area (Å²) in [6, 6.07) is 12.0. The third-order valence-corrected chi connectivity index (χ3v) is 4.10. The maximum atomic E-state index is 12.3. The van der Waals surface area contributed by atoms with Crippen LogP contribution in [0.4, 0.5) is 5.69 Å². The topological polar surface area (TPSA) is 84.3 Å². The summed E-state index contributed by atoms with van der Waals surface area (Å²) < 4.78 is 5.65. The highest BCUT2D eigenvalue weighted by Gasteiger charge is 2.17. The van der Waals surface area contributed by atoms with Gasteiger partial charge in [0.05, 0.1) is 23.1 Å². The van der Waals surface area contributed by atoms with Gasteiger partial charge < -0.3 is 15.2 Å². The molecule has 3 rings (SSSR count). The van der Waals surface area contributed by atoms with Gasteiger partial charge in [0.2, 0.25) is 0 Å². The molecule has 0 saturated carbocycles. The molecule has 1 aromatic heterocycles. The van der Waals surface area contributed by atoms with E-state index >= 15 is 0 Å². The number of rotatable bonds is 5. The summed E-state index contributed by atoms with van der Waals surface area (Å²) in [5.74, 6) is 0.685. The van der Waals surface area contributed by atoms with Crippen LogP contribution in [0, 0.1) is 6.92 Å². The molecule has 0 aliphatic rings. The van der Waals surface area contributed by atoms with Crippen molar-refractivity contribution in [3.8, 4) is 22.9 Å². The van der Waals surface area contributed by atoms with Gasteiger partial charge in [-0.1, -0.05) is 29.8 Å². The SMILES string of the molecule is Cc1ccc(Cl)c(OC(C)C(=O)Nc2cnc(-c3cccc(O)c3)nc2)c1. The first kappa shape index (κ1) is 18.7. The fourth-order valence-corrected chi connectivity index (χ4v) is 2.54. The molecule has 0 aliphatic carbocycles. The molecule has 27 heavy (non-hydrogen) atoms. The molecule has 0 aliphatic heterocycles. The van der Waals surface area contributed by atoms with Gasteiger partial charge in [0.25, 0.3) is 5.91 Å². The number of aryl methyl sites for hydroxylation is 1. The molecule has 7 heteroatoms. The Bertz CT molecular complexity index is 961. The lowest BCUT2D eigenvalue weighted by Crippen LogP contribution is -2.30. The highest BCUT2D eigenvalue weighted by atomic mass is 35.5. The third kappa shape index (κ3) is 4.74. The third-order valence-electron chi connectivity index (χ3n) is 3.78. The highest BCUT2D eigenvalue weighted by molar-refractivity contribution is 6.32. The number of carbonyl (C=O) groups excluding carboxylic acids is 1. The minimum atomic E-state index is -0.755. The molecule has 6 nitrogen and oxygen atoms in total. The van der Waals surface area contributed by atoms with Crippen LogP contribution >= 0.6 is 11.6 Å². The predicted octanol–water partition coefficient (Wildman–Crippen LogP) is 4.22. The summed E-state index contributed by atoms with van der Waals surface area (Å²) in [5, 5.41) is 12.7. The zero-order chi connectivity index (χ0) is 19.4. The molecule has 3 aromatic rings. The van der Waals surface area contributed by atoms with Gasteiger partial charge >= 0.3 is 0 Å². The largest absolute Gasteiger partial charge is 0.508 e. The standard InChI is InChI=1S/C20H18ClN3O3/c1-12-6-7-17(21)18(8-12)27-13(2)20(26)24-15-10-22-19(23-11-15)14-4-3-5-16(25)9-14/h3-11,13,25H,1-2H3,(H,24,26). The number of nitrogens with zero attached hydrogens (tertiary/aromatic N) is 2. The number of aromatic hydroxyl groups is 1. The van der Waals surface area contributed by atoms with Crippen LogP contribution in [0.2, 0.25) is 5.02 Å². The van der Waals surface area contributed by atoms with E-state index in [-0.39, 0.29) is 11.7 Å². The number of hydrogen-bond acceptors (Lipinski definition) is 5. The molecule has 1 atom stereocenters. The van der Waals surface area contributed by atoms with Gasteiger partial charge in [0, 0.05) is 5.56 Å². The molecule has 1 heterocycles. The Labute approximate surface area is 161 Å². The van der Waals surface area contributed by atoms with Gasteiger partial charge in [-0.05, 0) is 43.7 Å². The molecule has 2 aromatic carbocycles. The van der Waals surface area contributed by atoms with Crippen LogP contribution in [-0.4, -0.2) is 27.1 Å². The first-order chi connectivity index (χ1) is 12.9. The Balaban J connectivity index is 1.66. The van der Waals surface area contributed by atoms with Crippen molar-refractivity contribution in [1.82, 2.24) is 9.97 Å². The summed E-state index contributed by atoms with van der Waals surface area (Å²) in [6.07, 6.45) is 2.24. The zero-order valence-electron chi connectivity index (χ0n) is 14.8. The van der Waals surface area contributed by atoms with Crippen molar-refractivity contribution in [2.45, 2.75) is 20.0 Å². The van der Waals surface area contributed by atoms with Crippen molar-refractivity contribution in [2.75, 3.05) is 5.32 Å². The molecule has 0 saturated heterocycles.